The average Bonchev–Trinajstić information content (AvgIpc) is 2.98. The fraction of sp³-hybridized carbons (Fsp3) is 0.417. The Bertz CT molecular complexity index is 496. The SMILES string of the molecule is Cc1nnc(N2CCCC2c2cccnc2)o1. The van der Waals surface area contributed by atoms with E-state index < -0.39 is 0 Å². The molecule has 88 valence electrons. The summed E-state index contributed by atoms with van der Waals surface area (Å²) in [7, 11) is 0. The van der Waals surface area contributed by atoms with Gasteiger partial charge in [-0.3, -0.25) is 4.98 Å². The maximum Gasteiger partial charge on any atom is 0.318 e. The van der Waals surface area contributed by atoms with Crippen molar-refractivity contribution in [2.24, 2.45) is 0 Å². The average molecular weight is 230 g/mol. The molecule has 1 aliphatic heterocycles. The molecule has 1 saturated heterocycles. The van der Waals surface area contributed by atoms with E-state index in [1.807, 2.05) is 19.2 Å². The van der Waals surface area contributed by atoms with Crippen LogP contribution in [0.15, 0.2) is 28.9 Å². The highest BCUT2D eigenvalue weighted by Gasteiger charge is 2.29. The Morgan fingerprint density at radius 1 is 1.41 bits per heavy atom. The summed E-state index contributed by atoms with van der Waals surface area (Å²) in [6.07, 6.45) is 5.94. The molecule has 0 aliphatic carbocycles. The molecule has 0 N–H and O–H groups in total. The molecule has 17 heavy (non-hydrogen) atoms. The highest BCUT2D eigenvalue weighted by molar-refractivity contribution is 5.34. The van der Waals surface area contributed by atoms with Gasteiger partial charge >= 0.3 is 6.01 Å². The Morgan fingerprint density at radius 2 is 2.35 bits per heavy atom. The van der Waals surface area contributed by atoms with Crippen LogP contribution in [0.25, 0.3) is 0 Å². The second kappa shape index (κ2) is 4.16. The van der Waals surface area contributed by atoms with Crippen molar-refractivity contribution < 1.29 is 4.42 Å². The molecule has 5 nitrogen and oxygen atoms in total. The zero-order valence-corrected chi connectivity index (χ0v) is 9.71. The number of hydrogen-bond acceptors (Lipinski definition) is 5. The second-order valence-electron chi connectivity index (χ2n) is 4.24. The van der Waals surface area contributed by atoms with Gasteiger partial charge < -0.3 is 9.32 Å². The summed E-state index contributed by atoms with van der Waals surface area (Å²) in [5, 5.41) is 7.98. The van der Waals surface area contributed by atoms with Crippen molar-refractivity contribution in [2.75, 3.05) is 11.4 Å². The van der Waals surface area contributed by atoms with Gasteiger partial charge in [-0.25, -0.2) is 0 Å². The van der Waals surface area contributed by atoms with E-state index in [4.69, 9.17) is 4.42 Å². The van der Waals surface area contributed by atoms with Crippen LogP contribution in [-0.2, 0) is 0 Å². The summed E-state index contributed by atoms with van der Waals surface area (Å²) in [5.41, 5.74) is 1.21. The summed E-state index contributed by atoms with van der Waals surface area (Å²) < 4.78 is 5.50. The molecule has 5 heteroatoms. The Labute approximate surface area is 99.5 Å². The topological polar surface area (TPSA) is 55.1 Å². The first-order valence-corrected chi connectivity index (χ1v) is 5.81. The van der Waals surface area contributed by atoms with Gasteiger partial charge in [0.05, 0.1) is 6.04 Å². The maximum absolute atomic E-state index is 5.50. The zero-order valence-electron chi connectivity index (χ0n) is 9.71. The third-order valence-electron chi connectivity index (χ3n) is 3.08. The van der Waals surface area contributed by atoms with E-state index in [0.29, 0.717) is 17.9 Å². The first kappa shape index (κ1) is 10.3. The van der Waals surface area contributed by atoms with Gasteiger partial charge in [0.25, 0.3) is 0 Å². The van der Waals surface area contributed by atoms with E-state index >= 15 is 0 Å². The minimum absolute atomic E-state index is 0.309. The molecule has 3 rings (SSSR count). The maximum atomic E-state index is 5.50. The molecule has 0 saturated carbocycles. The Balaban J connectivity index is 1.90. The van der Waals surface area contributed by atoms with Crippen molar-refractivity contribution in [1.29, 1.82) is 0 Å². The van der Waals surface area contributed by atoms with Gasteiger partial charge in [0, 0.05) is 25.9 Å². The predicted molar refractivity (Wildman–Crippen MR) is 62.6 cm³/mol. The van der Waals surface area contributed by atoms with Gasteiger partial charge in [-0.2, -0.15) is 0 Å². The van der Waals surface area contributed by atoms with Gasteiger partial charge in [0.2, 0.25) is 5.89 Å². The Kier molecular flexibility index (Phi) is 2.51. The molecule has 0 bridgehead atoms. The summed E-state index contributed by atoms with van der Waals surface area (Å²) in [6, 6.07) is 4.99. The van der Waals surface area contributed by atoms with Gasteiger partial charge in [-0.1, -0.05) is 11.2 Å². The summed E-state index contributed by atoms with van der Waals surface area (Å²) in [5.74, 6) is 0.608. The molecular weight excluding hydrogens is 216 g/mol. The Hall–Kier alpha value is -1.91. The van der Waals surface area contributed by atoms with Crippen molar-refractivity contribution >= 4 is 6.01 Å². The molecule has 0 radical (unpaired) electrons. The molecule has 1 fully saturated rings. The van der Waals surface area contributed by atoms with Gasteiger partial charge in [-0.05, 0) is 24.5 Å². The summed E-state index contributed by atoms with van der Waals surface area (Å²) in [6.45, 7) is 2.77. The van der Waals surface area contributed by atoms with E-state index in [2.05, 4.69) is 26.1 Å². The molecule has 1 unspecified atom stereocenters. The molecule has 2 aromatic heterocycles. The molecule has 0 aromatic carbocycles. The van der Waals surface area contributed by atoms with Crippen LogP contribution in [0.4, 0.5) is 6.01 Å². The van der Waals surface area contributed by atoms with Crippen LogP contribution in [0.3, 0.4) is 0 Å². The first-order chi connectivity index (χ1) is 8.34. The number of hydrogen-bond donors (Lipinski definition) is 0. The van der Waals surface area contributed by atoms with E-state index in [0.717, 1.165) is 19.4 Å². The molecule has 1 atom stereocenters. The minimum Gasteiger partial charge on any atom is -0.408 e. The van der Waals surface area contributed by atoms with Crippen molar-refractivity contribution in [2.45, 2.75) is 25.8 Å². The van der Waals surface area contributed by atoms with E-state index in [-0.39, 0.29) is 0 Å². The van der Waals surface area contributed by atoms with Crippen molar-refractivity contribution in [3.8, 4) is 0 Å². The van der Waals surface area contributed by atoms with Crippen LogP contribution in [0.2, 0.25) is 0 Å². The minimum atomic E-state index is 0.309. The number of aryl methyl sites for hydroxylation is 1. The van der Waals surface area contributed by atoms with Crippen molar-refractivity contribution in [3.63, 3.8) is 0 Å². The monoisotopic (exact) mass is 230 g/mol. The molecule has 2 aromatic rings. The smallest absolute Gasteiger partial charge is 0.318 e. The number of aromatic nitrogens is 3. The van der Waals surface area contributed by atoms with Crippen molar-refractivity contribution in [3.05, 3.63) is 36.0 Å². The normalized spacial score (nSPS) is 19.8. The lowest BCUT2D eigenvalue weighted by atomic mass is 10.1. The van der Waals surface area contributed by atoms with Crippen LogP contribution in [0, 0.1) is 6.92 Å². The largest absolute Gasteiger partial charge is 0.408 e. The van der Waals surface area contributed by atoms with E-state index in [9.17, 15) is 0 Å². The van der Waals surface area contributed by atoms with Crippen LogP contribution in [-0.4, -0.2) is 21.7 Å². The molecule has 0 spiro atoms. The standard InChI is InChI=1S/C12H14N4O/c1-9-14-15-12(17-9)16-7-3-5-11(16)10-4-2-6-13-8-10/h2,4,6,8,11H,3,5,7H2,1H3. The predicted octanol–water partition coefficient (Wildman–Crippen LogP) is 2.11. The number of nitrogens with zero attached hydrogens (tertiary/aromatic N) is 4. The number of rotatable bonds is 2. The molecule has 0 amide bonds. The summed E-state index contributed by atoms with van der Waals surface area (Å²) >= 11 is 0. The zero-order chi connectivity index (χ0) is 11.7. The highest BCUT2D eigenvalue weighted by atomic mass is 16.4. The van der Waals surface area contributed by atoms with Gasteiger partial charge in [0.1, 0.15) is 0 Å². The second-order valence-corrected chi connectivity index (χ2v) is 4.24. The van der Waals surface area contributed by atoms with Crippen molar-refractivity contribution in [1.82, 2.24) is 15.2 Å². The molecule has 1 aliphatic rings. The third kappa shape index (κ3) is 1.88. The third-order valence-corrected chi connectivity index (χ3v) is 3.08. The number of anilines is 1. The van der Waals surface area contributed by atoms with Crippen LogP contribution in [0.1, 0.15) is 30.3 Å². The fourth-order valence-corrected chi connectivity index (χ4v) is 2.32. The Morgan fingerprint density at radius 3 is 3.06 bits per heavy atom. The van der Waals surface area contributed by atoms with Gasteiger partial charge in [0.15, 0.2) is 0 Å². The fourth-order valence-electron chi connectivity index (χ4n) is 2.32. The first-order valence-electron chi connectivity index (χ1n) is 5.81. The van der Waals surface area contributed by atoms with E-state index in [1.165, 1.54) is 5.56 Å². The lowest BCUT2D eigenvalue weighted by Gasteiger charge is -2.22. The van der Waals surface area contributed by atoms with Crippen LogP contribution in [0.5, 0.6) is 0 Å². The van der Waals surface area contributed by atoms with Gasteiger partial charge in [-0.15, -0.1) is 5.10 Å². The quantitative estimate of drug-likeness (QED) is 0.790. The highest BCUT2D eigenvalue weighted by Crippen LogP contribution is 2.34. The van der Waals surface area contributed by atoms with Crippen LogP contribution < -0.4 is 4.90 Å². The molecule has 3 heterocycles. The lowest BCUT2D eigenvalue weighted by Crippen LogP contribution is -2.22. The van der Waals surface area contributed by atoms with Crippen LogP contribution >= 0.6 is 0 Å². The number of pyridine rings is 1. The van der Waals surface area contributed by atoms with E-state index in [1.54, 1.807) is 6.20 Å². The summed E-state index contributed by atoms with van der Waals surface area (Å²) in [4.78, 5) is 6.33. The lowest BCUT2D eigenvalue weighted by molar-refractivity contribution is 0.498. The molecular formula is C12H14N4O.